The zero-order chi connectivity index (χ0) is 22.8. The molecule has 1 saturated heterocycles. The summed E-state index contributed by atoms with van der Waals surface area (Å²) in [7, 11) is 0. The Hall–Kier alpha value is -3.48. The van der Waals surface area contributed by atoms with E-state index in [1.54, 1.807) is 0 Å². The number of rotatable bonds is 12. The molecule has 0 spiro atoms. The van der Waals surface area contributed by atoms with Gasteiger partial charge in [0.2, 0.25) is 23.6 Å². The molecule has 13 nitrogen and oxygen atoms in total. The number of aromatic nitrogens is 2. The summed E-state index contributed by atoms with van der Waals surface area (Å²) in [5.74, 6) is -3.72. The lowest BCUT2D eigenvalue weighted by atomic mass is 10.1. The van der Waals surface area contributed by atoms with Gasteiger partial charge < -0.3 is 37.1 Å². The van der Waals surface area contributed by atoms with Gasteiger partial charge in [0.25, 0.3) is 0 Å². The molecule has 3 atom stereocenters. The van der Waals surface area contributed by atoms with E-state index >= 15 is 0 Å². The number of imidazole rings is 1. The zero-order valence-corrected chi connectivity index (χ0v) is 16.8. The highest BCUT2D eigenvalue weighted by Crippen LogP contribution is 2.05. The maximum atomic E-state index is 12.6. The summed E-state index contributed by atoms with van der Waals surface area (Å²) in [4.78, 5) is 66.0. The first-order chi connectivity index (χ1) is 14.8. The van der Waals surface area contributed by atoms with Crippen LogP contribution in [-0.2, 0) is 30.4 Å². The van der Waals surface area contributed by atoms with Gasteiger partial charge in [-0.05, 0) is 25.8 Å². The Bertz CT molecular complexity index is 791. The number of H-pyrrole nitrogens is 1. The SMILES string of the molecule is NC(=O)CCC(NC(=O)CNC(=O)C1CCCN1)C(=O)NC(Cc1cnc[nH]1)C(=O)O. The largest absolute Gasteiger partial charge is 0.480 e. The van der Waals surface area contributed by atoms with Crippen molar-refractivity contribution in [3.8, 4) is 0 Å². The minimum absolute atomic E-state index is 0.0536. The van der Waals surface area contributed by atoms with Gasteiger partial charge in [0, 0.05) is 24.7 Å². The molecule has 0 aliphatic carbocycles. The molecule has 0 bridgehead atoms. The summed E-state index contributed by atoms with van der Waals surface area (Å²) in [6.07, 6.45) is 3.96. The third-order valence-electron chi connectivity index (χ3n) is 4.72. The number of carboxylic acids is 1. The lowest BCUT2D eigenvalue weighted by molar-refractivity contribution is -0.142. The second-order valence-corrected chi connectivity index (χ2v) is 7.17. The Morgan fingerprint density at radius 2 is 2.00 bits per heavy atom. The van der Waals surface area contributed by atoms with E-state index in [2.05, 4.69) is 31.2 Å². The van der Waals surface area contributed by atoms with E-state index in [-0.39, 0.29) is 37.8 Å². The molecule has 1 aliphatic heterocycles. The summed E-state index contributed by atoms with van der Waals surface area (Å²) in [6, 6.07) is -2.85. The van der Waals surface area contributed by atoms with Gasteiger partial charge in [0.15, 0.2) is 0 Å². The van der Waals surface area contributed by atoms with Crippen LogP contribution in [0.1, 0.15) is 31.4 Å². The molecule has 0 aromatic carbocycles. The number of nitrogens with two attached hydrogens (primary N) is 1. The molecule has 1 fully saturated rings. The molecule has 3 unspecified atom stereocenters. The second kappa shape index (κ2) is 11.6. The van der Waals surface area contributed by atoms with E-state index in [0.717, 1.165) is 13.0 Å². The summed E-state index contributed by atoms with van der Waals surface area (Å²) in [5.41, 5.74) is 5.62. The van der Waals surface area contributed by atoms with Crippen LogP contribution in [0, 0.1) is 0 Å². The molecule has 2 heterocycles. The van der Waals surface area contributed by atoms with Crippen molar-refractivity contribution >= 4 is 29.6 Å². The van der Waals surface area contributed by atoms with Crippen LogP contribution in [0.15, 0.2) is 12.5 Å². The number of amides is 4. The lowest BCUT2D eigenvalue weighted by Crippen LogP contribution is -2.54. The lowest BCUT2D eigenvalue weighted by Gasteiger charge is -2.21. The van der Waals surface area contributed by atoms with E-state index in [1.807, 2.05) is 0 Å². The van der Waals surface area contributed by atoms with Crippen molar-refractivity contribution in [1.29, 1.82) is 0 Å². The molecular formula is C18H27N7O6. The van der Waals surface area contributed by atoms with Crippen molar-refractivity contribution in [3.05, 3.63) is 18.2 Å². The van der Waals surface area contributed by atoms with Gasteiger partial charge >= 0.3 is 5.97 Å². The minimum Gasteiger partial charge on any atom is -0.480 e. The van der Waals surface area contributed by atoms with Crippen molar-refractivity contribution in [1.82, 2.24) is 31.2 Å². The number of aliphatic carboxylic acids is 1. The summed E-state index contributed by atoms with van der Waals surface area (Å²) < 4.78 is 0. The molecule has 8 N–H and O–H groups in total. The van der Waals surface area contributed by atoms with Gasteiger partial charge in [-0.25, -0.2) is 9.78 Å². The fourth-order valence-electron chi connectivity index (χ4n) is 3.09. The molecule has 0 saturated carbocycles. The first kappa shape index (κ1) is 23.8. The molecule has 1 aromatic rings. The Morgan fingerprint density at radius 3 is 2.58 bits per heavy atom. The highest BCUT2D eigenvalue weighted by molar-refractivity contribution is 5.93. The molecule has 4 amide bonds. The second-order valence-electron chi connectivity index (χ2n) is 7.17. The number of hydrogen-bond donors (Lipinski definition) is 7. The third-order valence-corrected chi connectivity index (χ3v) is 4.72. The van der Waals surface area contributed by atoms with Crippen LogP contribution in [0.4, 0.5) is 0 Å². The summed E-state index contributed by atoms with van der Waals surface area (Å²) in [6.45, 7) is 0.358. The van der Waals surface area contributed by atoms with Gasteiger partial charge in [0.05, 0.1) is 18.9 Å². The summed E-state index contributed by atoms with van der Waals surface area (Å²) >= 11 is 0. The van der Waals surface area contributed by atoms with E-state index in [9.17, 15) is 29.1 Å². The molecule has 170 valence electrons. The topological polar surface area (TPSA) is 208 Å². The Kier molecular flexibility index (Phi) is 8.94. The van der Waals surface area contributed by atoms with E-state index in [1.165, 1.54) is 12.5 Å². The van der Waals surface area contributed by atoms with Crippen LogP contribution < -0.4 is 27.0 Å². The average Bonchev–Trinajstić information content (AvgIpc) is 3.42. The number of primary amides is 1. The maximum Gasteiger partial charge on any atom is 0.326 e. The van der Waals surface area contributed by atoms with Gasteiger partial charge in [0.1, 0.15) is 12.1 Å². The normalized spacial score (nSPS) is 17.4. The average molecular weight is 437 g/mol. The van der Waals surface area contributed by atoms with Crippen molar-refractivity contribution in [3.63, 3.8) is 0 Å². The van der Waals surface area contributed by atoms with E-state index < -0.39 is 35.8 Å². The van der Waals surface area contributed by atoms with Crippen LogP contribution in [0.2, 0.25) is 0 Å². The fourth-order valence-corrected chi connectivity index (χ4v) is 3.09. The van der Waals surface area contributed by atoms with E-state index in [4.69, 9.17) is 5.73 Å². The predicted molar refractivity (Wildman–Crippen MR) is 106 cm³/mol. The molecule has 31 heavy (non-hydrogen) atoms. The molecule has 0 radical (unpaired) electrons. The van der Waals surface area contributed by atoms with Crippen molar-refractivity contribution in [2.45, 2.75) is 50.2 Å². The first-order valence-electron chi connectivity index (χ1n) is 9.85. The van der Waals surface area contributed by atoms with Crippen molar-refractivity contribution in [2.75, 3.05) is 13.1 Å². The molecule has 2 rings (SSSR count). The van der Waals surface area contributed by atoms with Crippen LogP contribution >= 0.6 is 0 Å². The van der Waals surface area contributed by atoms with Gasteiger partial charge in [-0.3, -0.25) is 19.2 Å². The Morgan fingerprint density at radius 1 is 1.23 bits per heavy atom. The van der Waals surface area contributed by atoms with Gasteiger partial charge in [-0.15, -0.1) is 0 Å². The standard InChI is InChI=1S/C18H27N7O6/c19-14(26)4-3-12(24-15(27)8-22-16(28)11-2-1-5-21-11)17(29)25-13(18(30)31)6-10-7-20-9-23-10/h7,9,11-13,21H,1-6,8H2,(H2,19,26)(H,20,23)(H,22,28)(H,24,27)(H,25,29)(H,30,31). The van der Waals surface area contributed by atoms with Gasteiger partial charge in [-0.1, -0.05) is 0 Å². The Balaban J connectivity index is 1.94. The highest BCUT2D eigenvalue weighted by Gasteiger charge is 2.28. The van der Waals surface area contributed by atoms with Crippen LogP contribution in [-0.4, -0.2) is 75.9 Å². The zero-order valence-electron chi connectivity index (χ0n) is 16.8. The third kappa shape index (κ3) is 8.04. The maximum absolute atomic E-state index is 12.6. The quantitative estimate of drug-likeness (QED) is 0.180. The number of carboxylic acid groups (broad SMARTS) is 1. The minimum atomic E-state index is -1.28. The van der Waals surface area contributed by atoms with E-state index in [0.29, 0.717) is 12.1 Å². The smallest absolute Gasteiger partial charge is 0.326 e. The number of nitrogens with zero attached hydrogens (tertiary/aromatic N) is 1. The number of carbonyl (C=O) groups excluding carboxylic acids is 4. The number of hydrogen-bond acceptors (Lipinski definition) is 7. The van der Waals surface area contributed by atoms with Crippen LogP contribution in [0.25, 0.3) is 0 Å². The highest BCUT2D eigenvalue weighted by atomic mass is 16.4. The predicted octanol–water partition coefficient (Wildman–Crippen LogP) is -2.86. The molecule has 1 aromatic heterocycles. The van der Waals surface area contributed by atoms with Crippen LogP contribution in [0.5, 0.6) is 0 Å². The summed E-state index contributed by atoms with van der Waals surface area (Å²) in [5, 5.41) is 19.6. The van der Waals surface area contributed by atoms with Gasteiger partial charge in [-0.2, -0.15) is 0 Å². The molecule has 13 heteroatoms. The monoisotopic (exact) mass is 437 g/mol. The molecule has 1 aliphatic rings. The number of carbonyl (C=O) groups is 5. The number of aromatic amines is 1. The van der Waals surface area contributed by atoms with Crippen LogP contribution in [0.3, 0.4) is 0 Å². The fraction of sp³-hybridized carbons (Fsp3) is 0.556. The van der Waals surface area contributed by atoms with Crippen molar-refractivity contribution in [2.24, 2.45) is 5.73 Å². The Labute approximate surface area is 177 Å². The van der Waals surface area contributed by atoms with Crippen molar-refractivity contribution < 1.29 is 29.1 Å². The molecular weight excluding hydrogens is 410 g/mol. The first-order valence-corrected chi connectivity index (χ1v) is 9.85. The number of nitrogens with one attached hydrogen (secondary N) is 5.